The van der Waals surface area contributed by atoms with Gasteiger partial charge in [-0.1, -0.05) is 37.1 Å². The molecule has 1 aliphatic heterocycles. The lowest BCUT2D eigenvalue weighted by molar-refractivity contribution is -0.872. The first kappa shape index (κ1) is 22.5. The standard InChI is InChI=1S/C23H31N3O3S/c1-25(2)18-21-10-6-5-9-20(21)17-24-23(27)19-11-13-22(14-12-19)30(28,29)26-15-7-3-4-8-16-26/h5-6,9-14H,3-4,7-8,15-18H2,1-2H3,(H,24,27)/p+1. The fourth-order valence-corrected chi connectivity index (χ4v) is 5.29. The summed E-state index contributed by atoms with van der Waals surface area (Å²) in [6.45, 7) is 2.46. The van der Waals surface area contributed by atoms with Gasteiger partial charge in [0, 0.05) is 30.8 Å². The van der Waals surface area contributed by atoms with E-state index in [0.717, 1.165) is 37.8 Å². The number of amides is 1. The van der Waals surface area contributed by atoms with E-state index >= 15 is 0 Å². The topological polar surface area (TPSA) is 70.9 Å². The molecule has 0 atom stereocenters. The molecule has 162 valence electrons. The van der Waals surface area contributed by atoms with Gasteiger partial charge in [0.25, 0.3) is 5.91 Å². The first-order chi connectivity index (χ1) is 14.4. The van der Waals surface area contributed by atoms with Crippen LogP contribution >= 0.6 is 0 Å². The number of sulfonamides is 1. The fraction of sp³-hybridized carbons (Fsp3) is 0.435. The molecule has 3 rings (SSSR count). The van der Waals surface area contributed by atoms with Crippen LogP contribution in [0, 0.1) is 0 Å². The molecule has 1 heterocycles. The molecular formula is C23H32N3O3S+. The van der Waals surface area contributed by atoms with E-state index in [1.807, 2.05) is 18.2 Å². The van der Waals surface area contributed by atoms with Crippen LogP contribution in [0.4, 0.5) is 0 Å². The van der Waals surface area contributed by atoms with Gasteiger partial charge in [0.05, 0.1) is 19.0 Å². The Balaban J connectivity index is 1.66. The van der Waals surface area contributed by atoms with Crippen LogP contribution in [-0.2, 0) is 23.1 Å². The molecule has 0 unspecified atom stereocenters. The van der Waals surface area contributed by atoms with E-state index in [9.17, 15) is 13.2 Å². The van der Waals surface area contributed by atoms with E-state index in [1.54, 1.807) is 28.6 Å². The van der Waals surface area contributed by atoms with Gasteiger partial charge in [-0.3, -0.25) is 4.79 Å². The molecule has 1 saturated heterocycles. The summed E-state index contributed by atoms with van der Waals surface area (Å²) in [7, 11) is 0.687. The Morgan fingerprint density at radius 3 is 2.13 bits per heavy atom. The highest BCUT2D eigenvalue weighted by Gasteiger charge is 2.25. The predicted molar refractivity (Wildman–Crippen MR) is 118 cm³/mol. The molecule has 1 aliphatic rings. The van der Waals surface area contributed by atoms with Crippen molar-refractivity contribution < 1.29 is 18.1 Å². The Bertz CT molecular complexity index is 948. The first-order valence-electron chi connectivity index (χ1n) is 10.6. The number of benzene rings is 2. The van der Waals surface area contributed by atoms with Crippen LogP contribution in [-0.4, -0.2) is 45.8 Å². The normalized spacial score (nSPS) is 15.7. The lowest BCUT2D eigenvalue weighted by Gasteiger charge is -2.20. The van der Waals surface area contributed by atoms with Crippen molar-refractivity contribution in [1.82, 2.24) is 9.62 Å². The Kier molecular flexibility index (Phi) is 7.64. The summed E-state index contributed by atoms with van der Waals surface area (Å²) in [6.07, 6.45) is 3.95. The van der Waals surface area contributed by atoms with Crippen LogP contribution in [0.2, 0.25) is 0 Å². The second-order valence-electron chi connectivity index (χ2n) is 8.18. The van der Waals surface area contributed by atoms with Crippen LogP contribution < -0.4 is 10.2 Å². The lowest BCUT2D eigenvalue weighted by Crippen LogP contribution is -3.04. The van der Waals surface area contributed by atoms with Gasteiger partial charge in [0.1, 0.15) is 6.54 Å². The van der Waals surface area contributed by atoms with Gasteiger partial charge in [-0.25, -0.2) is 8.42 Å². The molecule has 7 heteroatoms. The molecular weight excluding hydrogens is 398 g/mol. The second-order valence-corrected chi connectivity index (χ2v) is 10.1. The number of carbonyl (C=O) groups excluding carboxylic acids is 1. The number of nitrogens with one attached hydrogen (secondary N) is 2. The Morgan fingerprint density at radius 1 is 0.933 bits per heavy atom. The molecule has 0 spiro atoms. The van der Waals surface area contributed by atoms with Crippen molar-refractivity contribution in [2.75, 3.05) is 27.2 Å². The van der Waals surface area contributed by atoms with E-state index in [-0.39, 0.29) is 10.8 Å². The first-order valence-corrected chi connectivity index (χ1v) is 12.1. The van der Waals surface area contributed by atoms with Gasteiger partial charge >= 0.3 is 0 Å². The molecule has 6 nitrogen and oxygen atoms in total. The molecule has 1 amide bonds. The van der Waals surface area contributed by atoms with Crippen LogP contribution in [0.3, 0.4) is 0 Å². The minimum Gasteiger partial charge on any atom is -0.348 e. The summed E-state index contributed by atoms with van der Waals surface area (Å²) in [6, 6.07) is 14.3. The number of quaternary nitrogens is 1. The maximum atomic E-state index is 12.9. The van der Waals surface area contributed by atoms with Gasteiger partial charge < -0.3 is 10.2 Å². The van der Waals surface area contributed by atoms with E-state index in [4.69, 9.17) is 0 Å². The quantitative estimate of drug-likeness (QED) is 0.704. The number of hydrogen-bond acceptors (Lipinski definition) is 3. The smallest absolute Gasteiger partial charge is 0.251 e. The average Bonchev–Trinajstić information content (AvgIpc) is 3.03. The number of carbonyl (C=O) groups is 1. The number of rotatable bonds is 7. The highest BCUT2D eigenvalue weighted by Crippen LogP contribution is 2.20. The molecule has 0 aliphatic carbocycles. The van der Waals surface area contributed by atoms with Crippen molar-refractivity contribution >= 4 is 15.9 Å². The molecule has 0 aromatic heterocycles. The summed E-state index contributed by atoms with van der Waals surface area (Å²) < 4.78 is 27.3. The van der Waals surface area contributed by atoms with E-state index < -0.39 is 10.0 Å². The van der Waals surface area contributed by atoms with Crippen molar-refractivity contribution in [2.24, 2.45) is 0 Å². The fourth-order valence-electron chi connectivity index (χ4n) is 3.77. The zero-order valence-electron chi connectivity index (χ0n) is 17.9. The van der Waals surface area contributed by atoms with Crippen LogP contribution in [0.25, 0.3) is 0 Å². The minimum atomic E-state index is -3.50. The van der Waals surface area contributed by atoms with E-state index in [1.165, 1.54) is 10.5 Å². The van der Waals surface area contributed by atoms with Gasteiger partial charge in [0.2, 0.25) is 10.0 Å². The van der Waals surface area contributed by atoms with Crippen molar-refractivity contribution in [3.05, 3.63) is 65.2 Å². The maximum absolute atomic E-state index is 12.9. The Labute approximate surface area is 179 Å². The van der Waals surface area contributed by atoms with Crippen LogP contribution in [0.1, 0.15) is 47.2 Å². The van der Waals surface area contributed by atoms with Gasteiger partial charge in [0.15, 0.2) is 0 Å². The van der Waals surface area contributed by atoms with Gasteiger partial charge in [-0.15, -0.1) is 0 Å². The summed E-state index contributed by atoms with van der Waals surface area (Å²) in [4.78, 5) is 14.1. The minimum absolute atomic E-state index is 0.208. The SMILES string of the molecule is C[NH+](C)Cc1ccccc1CNC(=O)c1ccc(S(=O)(=O)N2CCCCCC2)cc1. The molecule has 2 aromatic rings. The molecule has 2 aromatic carbocycles. The Morgan fingerprint density at radius 2 is 1.53 bits per heavy atom. The zero-order chi connectivity index (χ0) is 21.6. The lowest BCUT2D eigenvalue weighted by atomic mass is 10.1. The van der Waals surface area contributed by atoms with Crippen molar-refractivity contribution in [2.45, 2.75) is 43.7 Å². The van der Waals surface area contributed by atoms with Crippen LogP contribution in [0.15, 0.2) is 53.4 Å². The summed E-state index contributed by atoms with van der Waals surface area (Å²) in [5.41, 5.74) is 2.75. The molecule has 1 fully saturated rings. The third-order valence-corrected chi connectivity index (χ3v) is 7.33. The molecule has 0 radical (unpaired) electrons. The number of hydrogen-bond donors (Lipinski definition) is 2. The van der Waals surface area contributed by atoms with Gasteiger partial charge in [-0.05, 0) is 42.7 Å². The summed E-state index contributed by atoms with van der Waals surface area (Å²) in [5, 5.41) is 2.95. The van der Waals surface area contributed by atoms with E-state index in [2.05, 4.69) is 25.5 Å². The second kappa shape index (κ2) is 10.2. The zero-order valence-corrected chi connectivity index (χ0v) is 18.7. The summed E-state index contributed by atoms with van der Waals surface area (Å²) >= 11 is 0. The monoisotopic (exact) mass is 430 g/mol. The largest absolute Gasteiger partial charge is 0.348 e. The van der Waals surface area contributed by atoms with Gasteiger partial charge in [-0.2, -0.15) is 4.31 Å². The Hall–Kier alpha value is -2.22. The van der Waals surface area contributed by atoms with Crippen molar-refractivity contribution in [3.8, 4) is 0 Å². The van der Waals surface area contributed by atoms with Crippen molar-refractivity contribution in [1.29, 1.82) is 0 Å². The highest BCUT2D eigenvalue weighted by atomic mass is 32.2. The third kappa shape index (κ3) is 5.68. The number of nitrogens with zero attached hydrogens (tertiary/aromatic N) is 1. The average molecular weight is 431 g/mol. The molecule has 0 bridgehead atoms. The molecule has 0 saturated carbocycles. The molecule has 2 N–H and O–H groups in total. The predicted octanol–water partition coefficient (Wildman–Crippen LogP) is 1.83. The summed E-state index contributed by atoms with van der Waals surface area (Å²) in [5.74, 6) is -0.208. The highest BCUT2D eigenvalue weighted by molar-refractivity contribution is 7.89. The van der Waals surface area contributed by atoms with Crippen molar-refractivity contribution in [3.63, 3.8) is 0 Å². The van der Waals surface area contributed by atoms with Crippen LogP contribution in [0.5, 0.6) is 0 Å². The maximum Gasteiger partial charge on any atom is 0.251 e. The molecule has 30 heavy (non-hydrogen) atoms. The third-order valence-electron chi connectivity index (χ3n) is 5.42. The van der Waals surface area contributed by atoms with E-state index in [0.29, 0.717) is 25.2 Å².